The number of nitrogens with two attached hydrogens (primary N) is 1. The van der Waals surface area contributed by atoms with Gasteiger partial charge >= 0.3 is 5.97 Å². The number of benzene rings is 1. The van der Waals surface area contributed by atoms with Crippen LogP contribution in [-0.4, -0.2) is 29.6 Å². The molecule has 1 aliphatic rings. The third-order valence-electron chi connectivity index (χ3n) is 3.61. The highest BCUT2D eigenvalue weighted by atomic mass is 16.4. The molecule has 4 N–H and O–H groups in total. The van der Waals surface area contributed by atoms with Gasteiger partial charge in [-0.05, 0) is 18.4 Å². The molecule has 1 aliphatic carbocycles. The summed E-state index contributed by atoms with van der Waals surface area (Å²) < 4.78 is 0. The van der Waals surface area contributed by atoms with Crippen LogP contribution in [0.25, 0.3) is 0 Å². The third-order valence-corrected chi connectivity index (χ3v) is 3.61. The zero-order valence-corrected chi connectivity index (χ0v) is 10.6. The Morgan fingerprint density at radius 2 is 1.95 bits per heavy atom. The van der Waals surface area contributed by atoms with Gasteiger partial charge in [-0.3, -0.25) is 4.79 Å². The van der Waals surface area contributed by atoms with Gasteiger partial charge < -0.3 is 16.2 Å². The maximum absolute atomic E-state index is 12.0. The molecule has 1 unspecified atom stereocenters. The molecule has 1 atom stereocenters. The van der Waals surface area contributed by atoms with Crippen molar-refractivity contribution in [3.63, 3.8) is 0 Å². The van der Waals surface area contributed by atoms with Crippen LogP contribution in [0.1, 0.15) is 18.4 Å². The van der Waals surface area contributed by atoms with Crippen molar-refractivity contribution in [3.05, 3.63) is 35.9 Å². The molecule has 1 fully saturated rings. The average Bonchev–Trinajstić information content (AvgIpc) is 3.20. The molecule has 0 radical (unpaired) electrons. The minimum Gasteiger partial charge on any atom is -0.480 e. The van der Waals surface area contributed by atoms with Crippen LogP contribution in [0.15, 0.2) is 30.3 Å². The molecule has 0 heterocycles. The maximum atomic E-state index is 12.0. The second kappa shape index (κ2) is 5.40. The Morgan fingerprint density at radius 3 is 2.42 bits per heavy atom. The van der Waals surface area contributed by atoms with Crippen LogP contribution in [-0.2, 0) is 16.0 Å². The standard InChI is InChI=1S/C14H18N2O3/c15-9-14(6-7-14)13(19)16-11(12(17)18)8-10-4-2-1-3-5-10/h1-5,11H,6-9,15H2,(H,16,19)(H,17,18). The van der Waals surface area contributed by atoms with E-state index < -0.39 is 17.4 Å². The van der Waals surface area contributed by atoms with Crippen molar-refractivity contribution in [2.24, 2.45) is 11.1 Å². The zero-order chi connectivity index (χ0) is 13.9. The van der Waals surface area contributed by atoms with Crippen molar-refractivity contribution in [1.82, 2.24) is 5.32 Å². The number of aliphatic carboxylic acids is 1. The van der Waals surface area contributed by atoms with Crippen LogP contribution in [0, 0.1) is 5.41 Å². The van der Waals surface area contributed by atoms with Crippen molar-refractivity contribution in [2.45, 2.75) is 25.3 Å². The van der Waals surface area contributed by atoms with Gasteiger partial charge in [0.2, 0.25) is 5.91 Å². The fourth-order valence-corrected chi connectivity index (χ4v) is 2.04. The first kappa shape index (κ1) is 13.5. The molecule has 5 heteroatoms. The van der Waals surface area contributed by atoms with Crippen LogP contribution >= 0.6 is 0 Å². The molecule has 0 spiro atoms. The lowest BCUT2D eigenvalue weighted by Crippen LogP contribution is -2.47. The monoisotopic (exact) mass is 262 g/mol. The molecule has 102 valence electrons. The Labute approximate surface area is 111 Å². The molecule has 1 aromatic carbocycles. The number of carboxylic acids is 1. The van der Waals surface area contributed by atoms with Crippen molar-refractivity contribution in [3.8, 4) is 0 Å². The van der Waals surface area contributed by atoms with Crippen molar-refractivity contribution in [1.29, 1.82) is 0 Å². The predicted molar refractivity (Wildman–Crippen MR) is 70.4 cm³/mol. The number of carbonyl (C=O) groups excluding carboxylic acids is 1. The minimum atomic E-state index is -1.02. The van der Waals surface area contributed by atoms with Crippen LogP contribution in [0.3, 0.4) is 0 Å². The van der Waals surface area contributed by atoms with Crippen molar-refractivity contribution in [2.75, 3.05) is 6.54 Å². The lowest BCUT2D eigenvalue weighted by molar-refractivity contribution is -0.142. The molecule has 0 aliphatic heterocycles. The van der Waals surface area contributed by atoms with Crippen molar-refractivity contribution < 1.29 is 14.7 Å². The van der Waals surface area contributed by atoms with E-state index in [0.29, 0.717) is 0 Å². The molecule has 1 amide bonds. The quantitative estimate of drug-likeness (QED) is 0.697. The van der Waals surface area contributed by atoms with E-state index in [2.05, 4.69) is 5.32 Å². The molecular weight excluding hydrogens is 244 g/mol. The summed E-state index contributed by atoms with van der Waals surface area (Å²) >= 11 is 0. The molecule has 0 aromatic heterocycles. The molecule has 1 saturated carbocycles. The second-order valence-corrected chi connectivity index (χ2v) is 5.04. The fourth-order valence-electron chi connectivity index (χ4n) is 2.04. The molecule has 0 saturated heterocycles. The number of hydrogen-bond acceptors (Lipinski definition) is 3. The molecular formula is C14H18N2O3. The summed E-state index contributed by atoms with van der Waals surface area (Å²) in [5.41, 5.74) is 5.92. The number of carboxylic acid groups (broad SMARTS) is 1. The van der Waals surface area contributed by atoms with Gasteiger partial charge in [0.25, 0.3) is 0 Å². The van der Waals surface area contributed by atoms with E-state index in [4.69, 9.17) is 5.73 Å². The first-order valence-electron chi connectivity index (χ1n) is 6.35. The van der Waals surface area contributed by atoms with Crippen LogP contribution in [0.5, 0.6) is 0 Å². The molecule has 2 rings (SSSR count). The van der Waals surface area contributed by atoms with Gasteiger partial charge in [-0.15, -0.1) is 0 Å². The number of hydrogen-bond donors (Lipinski definition) is 3. The first-order chi connectivity index (χ1) is 9.07. The van der Waals surface area contributed by atoms with Crippen LogP contribution in [0.4, 0.5) is 0 Å². The maximum Gasteiger partial charge on any atom is 0.326 e. The van der Waals surface area contributed by atoms with E-state index >= 15 is 0 Å². The van der Waals surface area contributed by atoms with Crippen molar-refractivity contribution >= 4 is 11.9 Å². The normalized spacial score (nSPS) is 17.5. The smallest absolute Gasteiger partial charge is 0.326 e. The number of rotatable bonds is 6. The highest BCUT2D eigenvalue weighted by molar-refractivity contribution is 5.89. The fraction of sp³-hybridized carbons (Fsp3) is 0.429. The Kier molecular flexibility index (Phi) is 3.85. The summed E-state index contributed by atoms with van der Waals surface area (Å²) in [7, 11) is 0. The van der Waals surface area contributed by atoms with E-state index in [-0.39, 0.29) is 18.9 Å². The van der Waals surface area contributed by atoms with E-state index in [1.165, 1.54) is 0 Å². The van der Waals surface area contributed by atoms with E-state index in [0.717, 1.165) is 18.4 Å². The van der Waals surface area contributed by atoms with E-state index in [1.807, 2.05) is 30.3 Å². The van der Waals surface area contributed by atoms with Gasteiger partial charge in [-0.2, -0.15) is 0 Å². The number of carbonyl (C=O) groups is 2. The SMILES string of the molecule is NCC1(C(=O)NC(Cc2ccccc2)C(=O)O)CC1. The van der Waals surface area contributed by atoms with Gasteiger partial charge in [-0.25, -0.2) is 4.79 Å². The summed E-state index contributed by atoms with van der Waals surface area (Å²) in [5, 5.41) is 11.8. The van der Waals surface area contributed by atoms with Crippen LogP contribution < -0.4 is 11.1 Å². The average molecular weight is 262 g/mol. The highest BCUT2D eigenvalue weighted by Gasteiger charge is 2.49. The van der Waals surface area contributed by atoms with E-state index in [9.17, 15) is 14.7 Å². The molecule has 0 bridgehead atoms. The van der Waals surface area contributed by atoms with Gasteiger partial charge in [0, 0.05) is 13.0 Å². The number of nitrogens with one attached hydrogen (secondary N) is 1. The second-order valence-electron chi connectivity index (χ2n) is 5.04. The topological polar surface area (TPSA) is 92.4 Å². The minimum absolute atomic E-state index is 0.238. The Balaban J connectivity index is 2.01. The Bertz CT molecular complexity index is 469. The Morgan fingerprint density at radius 1 is 1.32 bits per heavy atom. The Hall–Kier alpha value is -1.88. The molecule has 1 aromatic rings. The summed E-state index contributed by atoms with van der Waals surface area (Å²) in [5.74, 6) is -1.26. The largest absolute Gasteiger partial charge is 0.480 e. The number of amides is 1. The highest BCUT2D eigenvalue weighted by Crippen LogP contribution is 2.44. The summed E-state index contributed by atoms with van der Waals surface area (Å²) in [6.07, 6.45) is 1.77. The van der Waals surface area contributed by atoms with Crippen LogP contribution in [0.2, 0.25) is 0 Å². The summed E-state index contributed by atoms with van der Waals surface area (Å²) in [4.78, 5) is 23.2. The lowest BCUT2D eigenvalue weighted by atomic mass is 10.0. The van der Waals surface area contributed by atoms with Gasteiger partial charge in [-0.1, -0.05) is 30.3 Å². The third kappa shape index (κ3) is 3.12. The molecule has 5 nitrogen and oxygen atoms in total. The molecule has 19 heavy (non-hydrogen) atoms. The first-order valence-corrected chi connectivity index (χ1v) is 6.35. The van der Waals surface area contributed by atoms with Gasteiger partial charge in [0.1, 0.15) is 6.04 Å². The summed E-state index contributed by atoms with van der Waals surface area (Å²) in [6.45, 7) is 0.274. The summed E-state index contributed by atoms with van der Waals surface area (Å²) in [6, 6.07) is 8.34. The van der Waals surface area contributed by atoms with Gasteiger partial charge in [0.15, 0.2) is 0 Å². The van der Waals surface area contributed by atoms with E-state index in [1.54, 1.807) is 0 Å². The zero-order valence-electron chi connectivity index (χ0n) is 10.6. The lowest BCUT2D eigenvalue weighted by Gasteiger charge is -2.18. The predicted octanol–water partition coefficient (Wildman–Crippen LogP) is 0.537. The van der Waals surface area contributed by atoms with Gasteiger partial charge in [0.05, 0.1) is 5.41 Å².